The van der Waals surface area contributed by atoms with Gasteiger partial charge in [-0.1, -0.05) is 0 Å². The molecule has 2 amide bonds. The number of amides is 2. The fourth-order valence-electron chi connectivity index (χ4n) is 4.15. The number of nitrogens with zero attached hydrogens (tertiary/aromatic N) is 3. The lowest BCUT2D eigenvalue weighted by Gasteiger charge is -2.33. The van der Waals surface area contributed by atoms with Crippen molar-refractivity contribution in [2.75, 3.05) is 49.5 Å². The van der Waals surface area contributed by atoms with Gasteiger partial charge in [0.2, 0.25) is 21.8 Å². The van der Waals surface area contributed by atoms with Crippen LogP contribution in [0.5, 0.6) is 0 Å². The van der Waals surface area contributed by atoms with Crippen LogP contribution in [0.15, 0.2) is 41.3 Å². The molecular weight excluding hydrogens is 454 g/mol. The Labute approximate surface area is 190 Å². The summed E-state index contributed by atoms with van der Waals surface area (Å²) in [6, 6.07) is 7.75. The molecule has 1 saturated heterocycles. The van der Waals surface area contributed by atoms with Crippen LogP contribution in [-0.4, -0.2) is 68.7 Å². The number of piperazine rings is 1. The third kappa shape index (κ3) is 4.90. The molecule has 11 heteroatoms. The van der Waals surface area contributed by atoms with E-state index in [1.165, 1.54) is 6.92 Å². The van der Waals surface area contributed by atoms with E-state index in [0.717, 1.165) is 34.1 Å². The van der Waals surface area contributed by atoms with Crippen LogP contribution in [0, 0.1) is 11.6 Å². The highest BCUT2D eigenvalue weighted by Gasteiger charge is 2.31. The van der Waals surface area contributed by atoms with Crippen LogP contribution < -0.4 is 10.2 Å². The van der Waals surface area contributed by atoms with Crippen molar-refractivity contribution in [3.05, 3.63) is 53.6 Å². The summed E-state index contributed by atoms with van der Waals surface area (Å²) in [5.41, 5.74) is 2.48. The lowest BCUT2D eigenvalue weighted by molar-refractivity contribution is -0.118. The minimum Gasteiger partial charge on any atom is -0.325 e. The van der Waals surface area contributed by atoms with Gasteiger partial charge < -0.3 is 10.2 Å². The van der Waals surface area contributed by atoms with Crippen LogP contribution in [0.25, 0.3) is 0 Å². The first kappa shape index (κ1) is 23.3. The van der Waals surface area contributed by atoms with E-state index in [2.05, 4.69) is 5.32 Å². The summed E-state index contributed by atoms with van der Waals surface area (Å²) in [6.07, 6.45) is 0.723. The number of halogens is 2. The zero-order chi connectivity index (χ0) is 23.8. The molecule has 33 heavy (non-hydrogen) atoms. The maximum absolute atomic E-state index is 14.0. The zero-order valence-corrected chi connectivity index (χ0v) is 18.9. The van der Waals surface area contributed by atoms with E-state index in [1.54, 1.807) is 15.9 Å². The number of hydrogen-bond acceptors (Lipinski definition) is 5. The van der Waals surface area contributed by atoms with Crippen LogP contribution in [-0.2, 0) is 26.0 Å². The molecule has 2 aliphatic heterocycles. The number of carbonyl (C=O) groups is 2. The fraction of sp³-hybridized carbons (Fsp3) is 0.364. The summed E-state index contributed by atoms with van der Waals surface area (Å²) < 4.78 is 53.9. The van der Waals surface area contributed by atoms with Crippen molar-refractivity contribution in [2.45, 2.75) is 18.2 Å². The van der Waals surface area contributed by atoms with E-state index in [-0.39, 0.29) is 44.5 Å². The number of carbonyl (C=O) groups excluding carboxylic acids is 2. The lowest BCUT2D eigenvalue weighted by atomic mass is 10.1. The van der Waals surface area contributed by atoms with E-state index in [9.17, 15) is 26.8 Å². The molecule has 4 rings (SSSR count). The molecule has 2 aromatic carbocycles. The minimum atomic E-state index is -4.17. The van der Waals surface area contributed by atoms with Crippen LogP contribution in [0.1, 0.15) is 12.5 Å². The largest absolute Gasteiger partial charge is 0.325 e. The van der Waals surface area contributed by atoms with Crippen molar-refractivity contribution in [3.8, 4) is 0 Å². The van der Waals surface area contributed by atoms with Gasteiger partial charge in [0.1, 0.15) is 16.5 Å². The Morgan fingerprint density at radius 3 is 2.42 bits per heavy atom. The van der Waals surface area contributed by atoms with Crippen molar-refractivity contribution in [1.29, 1.82) is 0 Å². The predicted molar refractivity (Wildman–Crippen MR) is 118 cm³/mol. The third-order valence-corrected chi connectivity index (χ3v) is 7.76. The second kappa shape index (κ2) is 9.16. The average molecular weight is 479 g/mol. The van der Waals surface area contributed by atoms with Gasteiger partial charge in [-0.25, -0.2) is 17.2 Å². The molecule has 0 saturated carbocycles. The van der Waals surface area contributed by atoms with Gasteiger partial charge in [-0.2, -0.15) is 4.31 Å². The van der Waals surface area contributed by atoms with Crippen molar-refractivity contribution >= 4 is 33.2 Å². The van der Waals surface area contributed by atoms with Crippen molar-refractivity contribution in [3.63, 3.8) is 0 Å². The Kier molecular flexibility index (Phi) is 6.46. The molecule has 0 spiro atoms. The molecule has 1 fully saturated rings. The van der Waals surface area contributed by atoms with Crippen LogP contribution >= 0.6 is 0 Å². The summed E-state index contributed by atoms with van der Waals surface area (Å²) >= 11 is 0. The van der Waals surface area contributed by atoms with E-state index < -0.39 is 26.6 Å². The van der Waals surface area contributed by atoms with Crippen LogP contribution in [0.3, 0.4) is 0 Å². The summed E-state index contributed by atoms with van der Waals surface area (Å²) in [4.78, 5) is 27.0. The highest BCUT2D eigenvalue weighted by Crippen LogP contribution is 2.30. The molecule has 0 aromatic heterocycles. The van der Waals surface area contributed by atoms with Crippen LogP contribution in [0.4, 0.5) is 20.2 Å². The Morgan fingerprint density at radius 2 is 1.73 bits per heavy atom. The molecule has 0 radical (unpaired) electrons. The van der Waals surface area contributed by atoms with E-state index >= 15 is 0 Å². The summed E-state index contributed by atoms with van der Waals surface area (Å²) in [5, 5.41) is 2.84. The number of rotatable bonds is 5. The van der Waals surface area contributed by atoms with Gasteiger partial charge in [-0.05, 0) is 48.4 Å². The highest BCUT2D eigenvalue weighted by atomic mass is 32.2. The Bertz CT molecular complexity index is 1200. The Hall–Kier alpha value is -2.89. The standard InChI is InChI=1S/C22H24F2N4O4S/c1-15(29)28-7-6-16-12-18(3-5-20(16)28)25-22(30)14-26-8-10-27(11-9-26)33(31,32)21-13-17(23)2-4-19(21)24/h2-5,12-13H,6-11,14H2,1H3,(H,25,30). The second-order valence-electron chi connectivity index (χ2n) is 8.07. The van der Waals surface area contributed by atoms with Gasteiger partial charge in [-0.3, -0.25) is 14.5 Å². The van der Waals surface area contributed by atoms with Crippen molar-refractivity contribution < 1.29 is 26.8 Å². The third-order valence-electron chi connectivity index (χ3n) is 5.85. The van der Waals surface area contributed by atoms with Gasteiger partial charge in [0.15, 0.2) is 0 Å². The maximum Gasteiger partial charge on any atom is 0.246 e. The minimum absolute atomic E-state index is 0.0215. The van der Waals surface area contributed by atoms with Gasteiger partial charge in [0.25, 0.3) is 0 Å². The van der Waals surface area contributed by atoms with E-state index in [1.807, 2.05) is 12.1 Å². The van der Waals surface area contributed by atoms with Gasteiger partial charge in [0, 0.05) is 51.0 Å². The Morgan fingerprint density at radius 1 is 1.00 bits per heavy atom. The summed E-state index contributed by atoms with van der Waals surface area (Å²) in [6.45, 7) is 2.89. The molecule has 2 aromatic rings. The van der Waals surface area contributed by atoms with Crippen LogP contribution in [0.2, 0.25) is 0 Å². The molecule has 176 valence electrons. The zero-order valence-electron chi connectivity index (χ0n) is 18.1. The average Bonchev–Trinajstić information content (AvgIpc) is 3.19. The molecule has 8 nitrogen and oxygen atoms in total. The van der Waals surface area contributed by atoms with Gasteiger partial charge in [0.05, 0.1) is 6.54 Å². The second-order valence-corrected chi connectivity index (χ2v) is 9.97. The first-order chi connectivity index (χ1) is 15.6. The molecule has 0 atom stereocenters. The number of fused-ring (bicyclic) bond motifs is 1. The summed E-state index contributed by atoms with van der Waals surface area (Å²) in [5.74, 6) is -2.10. The number of sulfonamides is 1. The normalized spacial score (nSPS) is 17.1. The molecule has 2 aliphatic rings. The van der Waals surface area contributed by atoms with Gasteiger partial charge >= 0.3 is 0 Å². The van der Waals surface area contributed by atoms with Gasteiger partial charge in [-0.15, -0.1) is 0 Å². The number of hydrogen-bond donors (Lipinski definition) is 1. The van der Waals surface area contributed by atoms with Crippen molar-refractivity contribution in [1.82, 2.24) is 9.21 Å². The quantitative estimate of drug-likeness (QED) is 0.708. The molecule has 0 aliphatic carbocycles. The molecule has 1 N–H and O–H groups in total. The monoisotopic (exact) mass is 478 g/mol. The highest BCUT2D eigenvalue weighted by molar-refractivity contribution is 7.89. The molecule has 2 heterocycles. The number of benzene rings is 2. The molecule has 0 bridgehead atoms. The molecule has 0 unspecified atom stereocenters. The first-order valence-corrected chi connectivity index (χ1v) is 12.0. The first-order valence-electron chi connectivity index (χ1n) is 10.5. The fourth-order valence-corrected chi connectivity index (χ4v) is 5.65. The predicted octanol–water partition coefficient (Wildman–Crippen LogP) is 1.82. The maximum atomic E-state index is 14.0. The lowest BCUT2D eigenvalue weighted by Crippen LogP contribution is -2.50. The summed E-state index contributed by atoms with van der Waals surface area (Å²) in [7, 11) is -4.17. The topological polar surface area (TPSA) is 90.0 Å². The van der Waals surface area contributed by atoms with Crippen molar-refractivity contribution in [2.24, 2.45) is 0 Å². The number of anilines is 2. The van der Waals surface area contributed by atoms with E-state index in [0.29, 0.717) is 18.3 Å². The smallest absolute Gasteiger partial charge is 0.246 e. The number of nitrogens with one attached hydrogen (secondary N) is 1. The SMILES string of the molecule is CC(=O)N1CCc2cc(NC(=O)CN3CCN(S(=O)(=O)c4cc(F)ccc4F)CC3)ccc21. The Balaban J connectivity index is 1.33. The van der Waals surface area contributed by atoms with E-state index in [4.69, 9.17) is 0 Å². The molecular formula is C22H24F2N4O4S.